The molecule has 2 heterocycles. The molecule has 0 amide bonds. The van der Waals surface area contributed by atoms with Crippen LogP contribution < -0.4 is 17.0 Å². The number of rotatable bonds is 7. The average Bonchev–Trinajstić information content (AvgIpc) is 3.05. The standard InChI is InChI=1S/C16H20N4O5S2/c1-5-25-10(21)6-9-7-26-15(18-9)27-8(2)12(22)11-13(17)19(3)16(24)20(4)14(11)23/h7-8H,5-6,17H2,1-4H3/t8-/m1/s1. The van der Waals surface area contributed by atoms with Crippen molar-refractivity contribution in [2.75, 3.05) is 12.3 Å². The first-order valence-corrected chi connectivity index (χ1v) is 9.79. The van der Waals surface area contributed by atoms with Gasteiger partial charge in [-0.1, -0.05) is 11.8 Å². The molecule has 0 unspecified atom stereocenters. The van der Waals surface area contributed by atoms with Gasteiger partial charge in [0.15, 0.2) is 10.1 Å². The van der Waals surface area contributed by atoms with Crippen LogP contribution in [0.2, 0.25) is 0 Å². The second-order valence-corrected chi connectivity index (χ2v) is 8.12. The summed E-state index contributed by atoms with van der Waals surface area (Å²) in [4.78, 5) is 52.7. The van der Waals surface area contributed by atoms with Gasteiger partial charge in [0.1, 0.15) is 11.4 Å². The fraction of sp³-hybridized carbons (Fsp3) is 0.438. The Morgan fingerprint density at radius 1 is 1.33 bits per heavy atom. The molecule has 0 spiro atoms. The van der Waals surface area contributed by atoms with Crippen LogP contribution in [0.15, 0.2) is 19.3 Å². The third-order valence-corrected chi connectivity index (χ3v) is 5.89. The van der Waals surface area contributed by atoms with E-state index in [1.165, 1.54) is 25.4 Å². The smallest absolute Gasteiger partial charge is 0.332 e. The third kappa shape index (κ3) is 4.48. The predicted octanol–water partition coefficient (Wildman–Crippen LogP) is 0.592. The Morgan fingerprint density at radius 2 is 2.00 bits per heavy atom. The van der Waals surface area contributed by atoms with Crippen molar-refractivity contribution in [2.45, 2.75) is 29.9 Å². The summed E-state index contributed by atoms with van der Waals surface area (Å²) < 4.78 is 7.37. The number of thiazole rings is 1. The number of hydrogen-bond acceptors (Lipinski definition) is 9. The van der Waals surface area contributed by atoms with Crippen LogP contribution in [0.25, 0.3) is 0 Å². The topological polar surface area (TPSA) is 126 Å². The molecule has 2 N–H and O–H groups in total. The molecular formula is C16H20N4O5S2. The number of carbonyl (C=O) groups is 2. The Hall–Kier alpha value is -2.40. The molecule has 27 heavy (non-hydrogen) atoms. The van der Waals surface area contributed by atoms with Gasteiger partial charge in [0, 0.05) is 19.5 Å². The van der Waals surface area contributed by atoms with Gasteiger partial charge in [0.05, 0.1) is 24.0 Å². The van der Waals surface area contributed by atoms with Crippen molar-refractivity contribution in [1.82, 2.24) is 14.1 Å². The molecule has 0 bridgehead atoms. The summed E-state index contributed by atoms with van der Waals surface area (Å²) in [5.41, 5.74) is 4.84. The number of anilines is 1. The van der Waals surface area contributed by atoms with Crippen LogP contribution in [0.4, 0.5) is 5.82 Å². The van der Waals surface area contributed by atoms with Gasteiger partial charge in [-0.05, 0) is 13.8 Å². The largest absolute Gasteiger partial charge is 0.466 e. The molecule has 9 nitrogen and oxygen atoms in total. The number of nitrogens with zero attached hydrogens (tertiary/aromatic N) is 3. The first-order chi connectivity index (χ1) is 12.7. The molecular weight excluding hydrogens is 392 g/mol. The molecule has 0 aliphatic carbocycles. The van der Waals surface area contributed by atoms with Crippen LogP contribution in [0.3, 0.4) is 0 Å². The van der Waals surface area contributed by atoms with Gasteiger partial charge in [0.25, 0.3) is 5.56 Å². The summed E-state index contributed by atoms with van der Waals surface area (Å²) in [6, 6.07) is 0. The van der Waals surface area contributed by atoms with Gasteiger partial charge in [-0.3, -0.25) is 23.5 Å². The minimum atomic E-state index is -0.727. The number of Topliss-reactive ketones (excluding diaryl/α,β-unsaturated/α-hetero) is 1. The van der Waals surface area contributed by atoms with E-state index >= 15 is 0 Å². The molecule has 0 radical (unpaired) electrons. The fourth-order valence-corrected chi connectivity index (χ4v) is 4.32. The number of nitrogens with two attached hydrogens (primary N) is 1. The molecule has 0 saturated heterocycles. The highest BCUT2D eigenvalue weighted by Crippen LogP contribution is 2.29. The number of ketones is 1. The quantitative estimate of drug-likeness (QED) is 0.398. The van der Waals surface area contributed by atoms with E-state index in [2.05, 4.69) is 4.98 Å². The SMILES string of the molecule is CCOC(=O)Cc1csc(S[C@H](C)C(=O)c2c(N)n(C)c(=O)n(C)c2=O)n1. The van der Waals surface area contributed by atoms with Crippen LogP contribution in [-0.2, 0) is 30.0 Å². The second-order valence-electron chi connectivity index (χ2n) is 5.68. The van der Waals surface area contributed by atoms with Crippen molar-refractivity contribution in [3.05, 3.63) is 37.5 Å². The Balaban J connectivity index is 2.20. The first-order valence-electron chi connectivity index (χ1n) is 8.03. The van der Waals surface area contributed by atoms with Crippen molar-refractivity contribution < 1.29 is 14.3 Å². The predicted molar refractivity (Wildman–Crippen MR) is 103 cm³/mol. The van der Waals surface area contributed by atoms with Gasteiger partial charge in [-0.15, -0.1) is 11.3 Å². The molecule has 2 aromatic heterocycles. The van der Waals surface area contributed by atoms with E-state index in [9.17, 15) is 19.2 Å². The highest BCUT2D eigenvalue weighted by atomic mass is 32.2. The van der Waals surface area contributed by atoms with E-state index in [1.807, 2.05) is 0 Å². The minimum absolute atomic E-state index is 0.0571. The van der Waals surface area contributed by atoms with Crippen molar-refractivity contribution in [3.8, 4) is 0 Å². The molecule has 2 rings (SSSR count). The van der Waals surface area contributed by atoms with Crippen LogP contribution >= 0.6 is 23.1 Å². The zero-order chi connectivity index (χ0) is 20.3. The number of aromatic nitrogens is 3. The Kier molecular flexibility index (Phi) is 6.60. The summed E-state index contributed by atoms with van der Waals surface area (Å²) in [5.74, 6) is -1.02. The number of esters is 1. The molecule has 11 heteroatoms. The molecule has 0 aliphatic rings. The zero-order valence-electron chi connectivity index (χ0n) is 15.3. The summed E-state index contributed by atoms with van der Waals surface area (Å²) in [5, 5.41) is 1.06. The highest BCUT2D eigenvalue weighted by Gasteiger charge is 2.26. The zero-order valence-corrected chi connectivity index (χ0v) is 17.0. The summed E-state index contributed by atoms with van der Waals surface area (Å²) in [6.45, 7) is 3.65. The maximum atomic E-state index is 12.7. The van der Waals surface area contributed by atoms with E-state index in [4.69, 9.17) is 10.5 Å². The summed E-state index contributed by atoms with van der Waals surface area (Å²) >= 11 is 2.45. The van der Waals surface area contributed by atoms with E-state index < -0.39 is 22.3 Å². The lowest BCUT2D eigenvalue weighted by Gasteiger charge is -2.13. The highest BCUT2D eigenvalue weighted by molar-refractivity contribution is 8.02. The number of nitrogen functional groups attached to an aromatic ring is 1. The molecule has 2 aromatic rings. The normalized spacial score (nSPS) is 12.0. The Morgan fingerprint density at radius 3 is 2.63 bits per heavy atom. The van der Waals surface area contributed by atoms with Gasteiger partial charge < -0.3 is 10.5 Å². The van der Waals surface area contributed by atoms with E-state index in [0.717, 1.165) is 20.9 Å². The maximum absolute atomic E-state index is 12.7. The Bertz CT molecular complexity index is 992. The number of hydrogen-bond donors (Lipinski definition) is 1. The second kappa shape index (κ2) is 8.53. The molecule has 1 atom stereocenters. The molecule has 146 valence electrons. The average molecular weight is 412 g/mol. The van der Waals surface area contributed by atoms with Crippen molar-refractivity contribution in [2.24, 2.45) is 14.1 Å². The van der Waals surface area contributed by atoms with Crippen LogP contribution in [0, 0.1) is 0 Å². The van der Waals surface area contributed by atoms with Gasteiger partial charge in [0.2, 0.25) is 0 Å². The van der Waals surface area contributed by atoms with Gasteiger partial charge in [-0.2, -0.15) is 0 Å². The molecule has 0 aromatic carbocycles. The lowest BCUT2D eigenvalue weighted by molar-refractivity contribution is -0.142. The lowest BCUT2D eigenvalue weighted by atomic mass is 10.1. The van der Waals surface area contributed by atoms with Gasteiger partial charge >= 0.3 is 11.7 Å². The lowest BCUT2D eigenvalue weighted by Crippen LogP contribution is -2.42. The van der Waals surface area contributed by atoms with Crippen LogP contribution in [0.5, 0.6) is 0 Å². The number of carbonyl (C=O) groups excluding carboxylic acids is 2. The van der Waals surface area contributed by atoms with E-state index in [0.29, 0.717) is 16.6 Å². The minimum Gasteiger partial charge on any atom is -0.466 e. The van der Waals surface area contributed by atoms with Gasteiger partial charge in [-0.25, -0.2) is 9.78 Å². The van der Waals surface area contributed by atoms with Crippen molar-refractivity contribution >= 4 is 40.7 Å². The molecule has 0 fully saturated rings. The monoisotopic (exact) mass is 412 g/mol. The van der Waals surface area contributed by atoms with E-state index in [-0.39, 0.29) is 23.8 Å². The molecule has 0 aliphatic heterocycles. The first kappa shape index (κ1) is 20.9. The molecule has 0 saturated carbocycles. The van der Waals surface area contributed by atoms with Crippen molar-refractivity contribution in [3.63, 3.8) is 0 Å². The Labute approximate surface area is 163 Å². The summed E-state index contributed by atoms with van der Waals surface area (Å²) in [7, 11) is 2.69. The third-order valence-electron chi connectivity index (χ3n) is 3.76. The van der Waals surface area contributed by atoms with Crippen molar-refractivity contribution in [1.29, 1.82) is 0 Å². The number of ether oxygens (including phenoxy) is 1. The summed E-state index contributed by atoms with van der Waals surface area (Å²) in [6.07, 6.45) is 0.0571. The van der Waals surface area contributed by atoms with Crippen LogP contribution in [-0.4, -0.2) is 37.7 Å². The van der Waals surface area contributed by atoms with Crippen LogP contribution in [0.1, 0.15) is 29.9 Å². The maximum Gasteiger partial charge on any atom is 0.332 e. The van der Waals surface area contributed by atoms with E-state index in [1.54, 1.807) is 19.2 Å². The fourth-order valence-electron chi connectivity index (χ4n) is 2.28. The number of thioether (sulfide) groups is 1.